The van der Waals surface area contributed by atoms with Crippen LogP contribution in [-0.4, -0.2) is 35.0 Å². The molecule has 0 saturated heterocycles. The average Bonchev–Trinajstić information content (AvgIpc) is 2.99. The molecule has 7 heteroatoms. The van der Waals surface area contributed by atoms with E-state index in [0.29, 0.717) is 18.9 Å². The molecule has 1 fully saturated rings. The van der Waals surface area contributed by atoms with Crippen molar-refractivity contribution in [1.29, 1.82) is 0 Å². The van der Waals surface area contributed by atoms with E-state index in [1.165, 1.54) is 6.42 Å². The number of anilines is 3. The highest BCUT2D eigenvalue weighted by atomic mass is 16.2. The lowest BCUT2D eigenvalue weighted by molar-refractivity contribution is -0.123. The van der Waals surface area contributed by atoms with Gasteiger partial charge >= 0.3 is 0 Å². The number of carbonyl (C=O) groups is 1. The molecule has 3 heterocycles. The number of carbonyl (C=O) groups excluding carboxylic acids is 1. The predicted molar refractivity (Wildman–Crippen MR) is 162 cm³/mol. The molecule has 1 aromatic carbocycles. The van der Waals surface area contributed by atoms with Crippen LogP contribution in [0.5, 0.6) is 0 Å². The largest absolute Gasteiger partial charge is 0.381 e. The first kappa shape index (κ1) is 27.3. The zero-order chi connectivity index (χ0) is 27.9. The van der Waals surface area contributed by atoms with Gasteiger partial charge in [-0.25, -0.2) is 9.97 Å². The molecule has 0 aliphatic heterocycles. The molecule has 1 aliphatic rings. The van der Waals surface area contributed by atoms with E-state index in [4.69, 9.17) is 4.98 Å². The summed E-state index contributed by atoms with van der Waals surface area (Å²) in [5.74, 6) is 1.83. The maximum atomic E-state index is 13.9. The lowest BCUT2D eigenvalue weighted by atomic mass is 9.88. The lowest BCUT2D eigenvalue weighted by Gasteiger charge is -2.29. The van der Waals surface area contributed by atoms with Gasteiger partial charge < -0.3 is 10.2 Å². The van der Waals surface area contributed by atoms with Gasteiger partial charge in [-0.15, -0.1) is 0 Å². The van der Waals surface area contributed by atoms with Crippen molar-refractivity contribution in [2.45, 2.75) is 52.1 Å². The van der Waals surface area contributed by atoms with Crippen LogP contribution in [0.4, 0.5) is 17.3 Å². The first-order valence-electron chi connectivity index (χ1n) is 14.1. The van der Waals surface area contributed by atoms with Crippen LogP contribution in [-0.2, 0) is 17.9 Å². The summed E-state index contributed by atoms with van der Waals surface area (Å²) in [5.41, 5.74) is 6.15. The highest BCUT2D eigenvalue weighted by Crippen LogP contribution is 2.30. The van der Waals surface area contributed by atoms with E-state index in [1.807, 2.05) is 73.5 Å². The third-order valence-electron chi connectivity index (χ3n) is 7.49. The first-order chi connectivity index (χ1) is 19.5. The van der Waals surface area contributed by atoms with Gasteiger partial charge in [0.2, 0.25) is 5.91 Å². The Morgan fingerprint density at radius 3 is 2.35 bits per heavy atom. The monoisotopic (exact) mass is 534 g/mol. The predicted octanol–water partition coefficient (Wildman–Crippen LogP) is 6.64. The van der Waals surface area contributed by atoms with Crippen molar-refractivity contribution >= 4 is 23.2 Å². The second kappa shape index (κ2) is 12.7. The SMILES string of the molecule is Cc1cc(NCc2cccnc2)cc(N(Cc2ccc(-c3ccc(N(C)C)nc3)cc2)C(=O)C2CCCCC2)n1. The smallest absolute Gasteiger partial charge is 0.231 e. The van der Waals surface area contributed by atoms with Crippen molar-refractivity contribution in [2.24, 2.45) is 5.92 Å². The summed E-state index contributed by atoms with van der Waals surface area (Å²) in [5, 5.41) is 3.49. The van der Waals surface area contributed by atoms with Crippen molar-refractivity contribution < 1.29 is 4.79 Å². The average molecular weight is 535 g/mol. The van der Waals surface area contributed by atoms with Crippen molar-refractivity contribution in [1.82, 2.24) is 15.0 Å². The van der Waals surface area contributed by atoms with Crippen LogP contribution in [0.3, 0.4) is 0 Å². The molecule has 206 valence electrons. The Hall–Kier alpha value is -4.26. The molecular weight excluding hydrogens is 496 g/mol. The second-order valence-corrected chi connectivity index (χ2v) is 10.8. The molecule has 7 nitrogen and oxygen atoms in total. The molecule has 0 spiro atoms. The minimum Gasteiger partial charge on any atom is -0.381 e. The number of pyridine rings is 3. The summed E-state index contributed by atoms with van der Waals surface area (Å²) in [4.78, 5) is 31.4. The zero-order valence-electron chi connectivity index (χ0n) is 23.7. The van der Waals surface area contributed by atoms with E-state index >= 15 is 0 Å². The number of hydrogen-bond acceptors (Lipinski definition) is 6. The highest BCUT2D eigenvalue weighted by molar-refractivity contribution is 5.94. The minimum atomic E-state index is 0.0448. The van der Waals surface area contributed by atoms with Gasteiger partial charge in [-0.3, -0.25) is 14.7 Å². The van der Waals surface area contributed by atoms with E-state index in [-0.39, 0.29) is 11.8 Å². The number of aryl methyl sites for hydroxylation is 1. The maximum absolute atomic E-state index is 13.9. The van der Waals surface area contributed by atoms with Crippen LogP contribution in [0, 0.1) is 12.8 Å². The quantitative estimate of drug-likeness (QED) is 0.260. The normalized spacial score (nSPS) is 13.6. The second-order valence-electron chi connectivity index (χ2n) is 10.8. The van der Waals surface area contributed by atoms with Gasteiger partial charge in [-0.1, -0.05) is 49.6 Å². The summed E-state index contributed by atoms with van der Waals surface area (Å²) in [7, 11) is 3.97. The molecule has 4 aromatic rings. The number of nitrogens with zero attached hydrogens (tertiary/aromatic N) is 5. The van der Waals surface area contributed by atoms with Crippen LogP contribution >= 0.6 is 0 Å². The topological polar surface area (TPSA) is 74.2 Å². The van der Waals surface area contributed by atoms with Crippen LogP contribution in [0.2, 0.25) is 0 Å². The van der Waals surface area contributed by atoms with Crippen molar-refractivity contribution in [2.75, 3.05) is 29.2 Å². The van der Waals surface area contributed by atoms with E-state index in [9.17, 15) is 4.79 Å². The molecule has 5 rings (SSSR count). The molecule has 3 aromatic heterocycles. The Morgan fingerprint density at radius 2 is 1.68 bits per heavy atom. The molecule has 40 heavy (non-hydrogen) atoms. The Labute approximate surface area is 237 Å². The van der Waals surface area contributed by atoms with Crippen LogP contribution < -0.4 is 15.1 Å². The van der Waals surface area contributed by atoms with Gasteiger partial charge in [-0.05, 0) is 60.7 Å². The number of benzene rings is 1. The molecule has 1 saturated carbocycles. The van der Waals surface area contributed by atoms with E-state index < -0.39 is 0 Å². The fourth-order valence-corrected chi connectivity index (χ4v) is 5.25. The number of nitrogens with one attached hydrogen (secondary N) is 1. The molecule has 0 atom stereocenters. The molecule has 0 unspecified atom stereocenters. The summed E-state index contributed by atoms with van der Waals surface area (Å²) >= 11 is 0. The minimum absolute atomic E-state index is 0.0448. The van der Waals surface area contributed by atoms with Gasteiger partial charge in [0, 0.05) is 68.2 Å². The number of rotatable bonds is 9. The zero-order valence-corrected chi connectivity index (χ0v) is 23.7. The van der Waals surface area contributed by atoms with E-state index in [2.05, 4.69) is 45.6 Å². The van der Waals surface area contributed by atoms with Crippen LogP contribution in [0.15, 0.2) is 79.3 Å². The number of aromatic nitrogens is 3. The Balaban J connectivity index is 1.39. The maximum Gasteiger partial charge on any atom is 0.231 e. The van der Waals surface area contributed by atoms with Gasteiger partial charge in [0.1, 0.15) is 11.6 Å². The molecule has 0 bridgehead atoms. The van der Waals surface area contributed by atoms with Gasteiger partial charge in [-0.2, -0.15) is 0 Å². The van der Waals surface area contributed by atoms with Crippen molar-refractivity contribution in [3.63, 3.8) is 0 Å². The van der Waals surface area contributed by atoms with Gasteiger partial charge in [0.25, 0.3) is 0 Å². The van der Waals surface area contributed by atoms with Gasteiger partial charge in [0.05, 0.1) is 6.54 Å². The van der Waals surface area contributed by atoms with Gasteiger partial charge in [0.15, 0.2) is 0 Å². The molecule has 1 aliphatic carbocycles. The van der Waals surface area contributed by atoms with Crippen molar-refractivity contribution in [3.8, 4) is 11.1 Å². The standard InChI is InChI=1S/C33H38N6O/c1-24-18-30(35-21-26-8-7-17-34-20-26)19-32(37-24)39(33(40)28-9-5-4-6-10-28)23-25-11-13-27(14-12-25)29-15-16-31(36-22-29)38(2)3/h7-8,11-20,22,28H,4-6,9-10,21,23H2,1-3H3,(H,35,37). The van der Waals surface area contributed by atoms with Crippen LogP contribution in [0.1, 0.15) is 48.9 Å². The molecule has 1 amide bonds. The summed E-state index contributed by atoms with van der Waals surface area (Å²) < 4.78 is 0. The van der Waals surface area contributed by atoms with E-state index in [1.54, 1.807) is 6.20 Å². The fourth-order valence-electron chi connectivity index (χ4n) is 5.25. The van der Waals surface area contributed by atoms with E-state index in [0.717, 1.165) is 65.1 Å². The Bertz CT molecular complexity index is 1400. The van der Waals surface area contributed by atoms with Crippen molar-refractivity contribution in [3.05, 3.63) is 96.1 Å². The molecular formula is C33H38N6O. The Morgan fingerprint density at radius 1 is 0.900 bits per heavy atom. The number of hydrogen-bond donors (Lipinski definition) is 1. The Kier molecular flexibility index (Phi) is 8.69. The third-order valence-corrected chi connectivity index (χ3v) is 7.49. The lowest BCUT2D eigenvalue weighted by Crippen LogP contribution is -2.37. The fraction of sp³-hybridized carbons (Fsp3) is 0.333. The summed E-state index contributed by atoms with van der Waals surface area (Å²) in [6.07, 6.45) is 10.9. The molecule has 1 N–H and O–H groups in total. The summed E-state index contributed by atoms with van der Waals surface area (Å²) in [6, 6.07) is 20.5. The third kappa shape index (κ3) is 6.84. The van der Waals surface area contributed by atoms with Crippen LogP contribution in [0.25, 0.3) is 11.1 Å². The molecule has 0 radical (unpaired) electrons. The highest BCUT2D eigenvalue weighted by Gasteiger charge is 2.28. The number of amides is 1. The first-order valence-corrected chi connectivity index (χ1v) is 14.1. The summed E-state index contributed by atoms with van der Waals surface area (Å²) in [6.45, 7) is 3.11.